The van der Waals surface area contributed by atoms with E-state index in [1.807, 2.05) is 25.4 Å². The van der Waals surface area contributed by atoms with Gasteiger partial charge in [-0.25, -0.2) is 0 Å². The van der Waals surface area contributed by atoms with Crippen molar-refractivity contribution >= 4 is 28.9 Å². The van der Waals surface area contributed by atoms with E-state index in [2.05, 4.69) is 10.4 Å². The van der Waals surface area contributed by atoms with Crippen LogP contribution < -0.4 is 5.32 Å². The number of aromatic nitrogens is 2. The summed E-state index contributed by atoms with van der Waals surface area (Å²) in [5, 5.41) is 8.62. The maximum absolute atomic E-state index is 6.06. The number of hydrogen-bond acceptors (Lipinski definition) is 2. The smallest absolute Gasteiger partial charge is 0.0729 e. The number of anilines is 1. The van der Waals surface area contributed by atoms with Crippen molar-refractivity contribution in [1.29, 1.82) is 0 Å². The van der Waals surface area contributed by atoms with Gasteiger partial charge < -0.3 is 5.32 Å². The Morgan fingerprint density at radius 1 is 1.38 bits per heavy atom. The lowest BCUT2D eigenvalue weighted by Crippen LogP contribution is -1.99. The largest absolute Gasteiger partial charge is 0.378 e. The molecule has 0 radical (unpaired) electrons. The van der Waals surface area contributed by atoms with Crippen molar-refractivity contribution in [1.82, 2.24) is 9.78 Å². The van der Waals surface area contributed by atoms with E-state index in [0.717, 1.165) is 11.3 Å². The normalized spacial score (nSPS) is 10.4. The molecular weight excluding hydrogens is 245 g/mol. The van der Waals surface area contributed by atoms with Gasteiger partial charge in [0, 0.05) is 29.8 Å². The summed E-state index contributed by atoms with van der Waals surface area (Å²) < 4.78 is 1.74. The lowest BCUT2D eigenvalue weighted by atomic mass is 10.2. The molecule has 1 heterocycles. The fourth-order valence-electron chi connectivity index (χ4n) is 1.37. The highest BCUT2D eigenvalue weighted by Crippen LogP contribution is 2.21. The average Bonchev–Trinajstić information content (AvgIpc) is 2.63. The molecule has 0 aliphatic rings. The first-order valence-electron chi connectivity index (χ1n) is 4.81. The van der Waals surface area contributed by atoms with Crippen LogP contribution in [0.2, 0.25) is 10.0 Å². The number of benzene rings is 1. The van der Waals surface area contributed by atoms with Crippen LogP contribution in [0.15, 0.2) is 30.6 Å². The molecule has 3 nitrogen and oxygen atoms in total. The lowest BCUT2D eigenvalue weighted by Gasteiger charge is -2.06. The fraction of sp³-hybridized carbons (Fsp3) is 0.182. The van der Waals surface area contributed by atoms with Crippen LogP contribution in [0.3, 0.4) is 0 Å². The molecule has 0 bridgehead atoms. The molecule has 2 rings (SSSR count). The molecule has 0 spiro atoms. The third-order valence-corrected chi connectivity index (χ3v) is 2.79. The number of nitrogens with zero attached hydrogens (tertiary/aromatic N) is 2. The molecule has 5 heteroatoms. The number of rotatable bonds is 3. The van der Waals surface area contributed by atoms with Crippen LogP contribution in [0.4, 0.5) is 5.69 Å². The second-order valence-electron chi connectivity index (χ2n) is 3.49. The molecule has 2 aromatic rings. The van der Waals surface area contributed by atoms with Gasteiger partial charge in [0.15, 0.2) is 0 Å². The van der Waals surface area contributed by atoms with E-state index in [0.29, 0.717) is 16.6 Å². The molecule has 0 saturated heterocycles. The van der Waals surface area contributed by atoms with Gasteiger partial charge in [0.2, 0.25) is 0 Å². The summed E-state index contributed by atoms with van der Waals surface area (Å²) in [4.78, 5) is 0. The molecule has 0 unspecified atom stereocenters. The van der Waals surface area contributed by atoms with E-state index < -0.39 is 0 Å². The van der Waals surface area contributed by atoms with E-state index in [4.69, 9.17) is 23.2 Å². The lowest BCUT2D eigenvalue weighted by molar-refractivity contribution is 0.768. The Hall–Kier alpha value is -1.19. The van der Waals surface area contributed by atoms with Crippen LogP contribution in [0.1, 0.15) is 5.56 Å². The summed E-state index contributed by atoms with van der Waals surface area (Å²) in [6.07, 6.45) is 3.67. The van der Waals surface area contributed by atoms with E-state index in [9.17, 15) is 0 Å². The molecule has 1 aromatic carbocycles. The Bertz CT molecular complexity index is 494. The molecule has 0 saturated carbocycles. The predicted molar refractivity (Wildman–Crippen MR) is 67.0 cm³/mol. The first kappa shape index (κ1) is 11.3. The Kier molecular flexibility index (Phi) is 3.36. The Balaban J connectivity index is 2.04. The maximum Gasteiger partial charge on any atom is 0.0729 e. The van der Waals surface area contributed by atoms with Gasteiger partial charge in [-0.3, -0.25) is 4.68 Å². The van der Waals surface area contributed by atoms with Gasteiger partial charge in [0.25, 0.3) is 0 Å². The van der Waals surface area contributed by atoms with Gasteiger partial charge in [-0.15, -0.1) is 0 Å². The highest BCUT2D eigenvalue weighted by Gasteiger charge is 2.01. The molecule has 0 aliphatic carbocycles. The van der Waals surface area contributed by atoms with Crippen LogP contribution in [0.25, 0.3) is 0 Å². The summed E-state index contributed by atoms with van der Waals surface area (Å²) in [6, 6.07) is 5.48. The van der Waals surface area contributed by atoms with Crippen molar-refractivity contribution in [3.8, 4) is 0 Å². The van der Waals surface area contributed by atoms with Gasteiger partial charge in [-0.2, -0.15) is 5.10 Å². The molecule has 84 valence electrons. The Morgan fingerprint density at radius 3 is 2.81 bits per heavy atom. The topological polar surface area (TPSA) is 29.9 Å². The summed E-state index contributed by atoms with van der Waals surface area (Å²) in [6.45, 7) is 0.654. The highest BCUT2D eigenvalue weighted by atomic mass is 35.5. The van der Waals surface area contributed by atoms with Crippen molar-refractivity contribution in [2.45, 2.75) is 6.54 Å². The van der Waals surface area contributed by atoms with Crippen LogP contribution in [-0.2, 0) is 13.6 Å². The zero-order chi connectivity index (χ0) is 11.5. The van der Waals surface area contributed by atoms with Gasteiger partial charge >= 0.3 is 0 Å². The minimum atomic E-state index is 0.648. The zero-order valence-corrected chi connectivity index (χ0v) is 10.3. The second-order valence-corrected chi connectivity index (χ2v) is 4.34. The summed E-state index contributed by atoms with van der Waals surface area (Å²) in [5.74, 6) is 0. The Morgan fingerprint density at radius 2 is 2.19 bits per heavy atom. The fourth-order valence-corrected chi connectivity index (χ4v) is 1.85. The second kappa shape index (κ2) is 4.76. The van der Waals surface area contributed by atoms with Gasteiger partial charge in [0.05, 0.1) is 11.9 Å². The van der Waals surface area contributed by atoms with Crippen molar-refractivity contribution in [2.75, 3.05) is 5.32 Å². The van der Waals surface area contributed by atoms with Gasteiger partial charge in [0.1, 0.15) is 0 Å². The molecule has 1 N–H and O–H groups in total. The summed E-state index contributed by atoms with van der Waals surface area (Å²) in [5.41, 5.74) is 1.98. The van der Waals surface area contributed by atoms with Crippen molar-refractivity contribution in [3.63, 3.8) is 0 Å². The monoisotopic (exact) mass is 255 g/mol. The first-order valence-corrected chi connectivity index (χ1v) is 5.57. The first-order chi connectivity index (χ1) is 7.65. The van der Waals surface area contributed by atoms with Gasteiger partial charge in [-0.05, 0) is 17.7 Å². The van der Waals surface area contributed by atoms with Crippen LogP contribution in [-0.4, -0.2) is 9.78 Å². The minimum Gasteiger partial charge on any atom is -0.378 e. The Labute approximate surface area is 104 Å². The standard InChI is InChI=1S/C11H11Cl2N3/c1-16-7-10(6-15-16)14-5-8-2-3-9(12)4-11(8)13/h2-4,6-7,14H,5H2,1H3. The van der Waals surface area contributed by atoms with Crippen molar-refractivity contribution in [3.05, 3.63) is 46.2 Å². The SMILES string of the molecule is Cn1cc(NCc2ccc(Cl)cc2Cl)cn1. The third-order valence-electron chi connectivity index (χ3n) is 2.20. The van der Waals surface area contributed by atoms with E-state index >= 15 is 0 Å². The van der Waals surface area contributed by atoms with Crippen molar-refractivity contribution < 1.29 is 0 Å². The number of halogens is 2. The minimum absolute atomic E-state index is 0.648. The van der Waals surface area contributed by atoms with E-state index in [1.54, 1.807) is 16.9 Å². The van der Waals surface area contributed by atoms with Crippen LogP contribution in [0.5, 0.6) is 0 Å². The predicted octanol–water partition coefficient (Wildman–Crippen LogP) is 3.34. The zero-order valence-electron chi connectivity index (χ0n) is 8.74. The van der Waals surface area contributed by atoms with E-state index in [1.165, 1.54) is 0 Å². The quantitative estimate of drug-likeness (QED) is 0.912. The highest BCUT2D eigenvalue weighted by molar-refractivity contribution is 6.35. The number of aryl methyl sites for hydroxylation is 1. The van der Waals surface area contributed by atoms with Crippen molar-refractivity contribution in [2.24, 2.45) is 7.05 Å². The molecule has 1 aromatic heterocycles. The molecule has 0 aliphatic heterocycles. The summed E-state index contributed by atoms with van der Waals surface area (Å²) >= 11 is 11.9. The van der Waals surface area contributed by atoms with E-state index in [-0.39, 0.29) is 0 Å². The number of hydrogen-bond donors (Lipinski definition) is 1. The van der Waals surface area contributed by atoms with Crippen LogP contribution >= 0.6 is 23.2 Å². The molecule has 0 atom stereocenters. The van der Waals surface area contributed by atoms with Gasteiger partial charge in [-0.1, -0.05) is 29.3 Å². The molecule has 0 fully saturated rings. The maximum atomic E-state index is 6.06. The average molecular weight is 256 g/mol. The summed E-state index contributed by atoms with van der Waals surface area (Å²) in [7, 11) is 1.88. The van der Waals surface area contributed by atoms with Crippen LogP contribution in [0, 0.1) is 0 Å². The third kappa shape index (κ3) is 2.68. The molecular formula is C11H11Cl2N3. The molecule has 0 amide bonds. The number of nitrogens with one attached hydrogen (secondary N) is 1. The molecule has 16 heavy (non-hydrogen) atoms.